The van der Waals surface area contributed by atoms with E-state index >= 15 is 0 Å². The molecule has 0 aliphatic carbocycles. The summed E-state index contributed by atoms with van der Waals surface area (Å²) in [7, 11) is 1.64. The first kappa shape index (κ1) is 19.0. The fraction of sp³-hybridized carbons (Fsp3) is 0.130. The average Bonchev–Trinajstić information content (AvgIpc) is 3.34. The summed E-state index contributed by atoms with van der Waals surface area (Å²) in [6.07, 6.45) is 0. The maximum atomic E-state index is 12.6. The molecule has 0 spiro atoms. The largest absolute Gasteiger partial charge is 0.497 e. The van der Waals surface area contributed by atoms with E-state index in [1.165, 1.54) is 11.3 Å². The highest BCUT2D eigenvalue weighted by Gasteiger charge is 2.11. The number of thiazole rings is 1. The third kappa shape index (κ3) is 3.93. The first-order valence-corrected chi connectivity index (χ1v) is 10.1. The lowest BCUT2D eigenvalue weighted by atomic mass is 10.2. The van der Waals surface area contributed by atoms with E-state index in [4.69, 9.17) is 4.74 Å². The van der Waals surface area contributed by atoms with Crippen molar-refractivity contribution in [3.63, 3.8) is 0 Å². The van der Waals surface area contributed by atoms with Crippen LogP contribution in [0.2, 0.25) is 0 Å². The molecule has 0 bridgehead atoms. The summed E-state index contributed by atoms with van der Waals surface area (Å²) in [4.78, 5) is 17.1. The molecule has 29 heavy (non-hydrogen) atoms. The van der Waals surface area contributed by atoms with Crippen LogP contribution in [0.5, 0.6) is 5.75 Å². The van der Waals surface area contributed by atoms with Crippen LogP contribution in [-0.2, 0) is 0 Å². The number of carbonyl (C=O) groups is 1. The third-order valence-corrected chi connectivity index (χ3v) is 5.53. The van der Waals surface area contributed by atoms with E-state index < -0.39 is 0 Å². The monoisotopic (exact) mass is 403 g/mol. The first-order valence-electron chi connectivity index (χ1n) is 9.22. The normalized spacial score (nSPS) is 10.7. The number of aromatic nitrogens is 2. The van der Waals surface area contributed by atoms with Crippen LogP contribution in [0.1, 0.15) is 21.7 Å². The Bertz CT molecular complexity index is 1120. The molecule has 1 N–H and O–H groups in total. The van der Waals surface area contributed by atoms with Crippen LogP contribution >= 0.6 is 11.3 Å². The topological polar surface area (TPSA) is 56.1 Å². The zero-order valence-corrected chi connectivity index (χ0v) is 17.3. The first-order chi connectivity index (χ1) is 14.0. The second kappa shape index (κ2) is 7.93. The Morgan fingerprint density at radius 3 is 2.24 bits per heavy atom. The fourth-order valence-electron chi connectivity index (χ4n) is 3.23. The number of nitrogens with zero attached hydrogens (tertiary/aromatic N) is 2. The molecule has 0 aliphatic rings. The molecule has 0 atom stereocenters. The molecule has 5 nitrogen and oxygen atoms in total. The minimum absolute atomic E-state index is 0.173. The Balaban J connectivity index is 1.47. The number of amides is 1. The summed E-state index contributed by atoms with van der Waals surface area (Å²) in [6, 6.07) is 19.4. The molecule has 6 heteroatoms. The van der Waals surface area contributed by atoms with Gasteiger partial charge < -0.3 is 9.30 Å². The summed E-state index contributed by atoms with van der Waals surface area (Å²) >= 11 is 1.40. The minimum atomic E-state index is -0.173. The van der Waals surface area contributed by atoms with Crippen LogP contribution in [0.3, 0.4) is 0 Å². The van der Waals surface area contributed by atoms with Gasteiger partial charge in [0.05, 0.1) is 12.8 Å². The maximum Gasteiger partial charge on any atom is 0.257 e. The van der Waals surface area contributed by atoms with Gasteiger partial charge in [0, 0.05) is 33.6 Å². The smallest absolute Gasteiger partial charge is 0.257 e. The van der Waals surface area contributed by atoms with Crippen LogP contribution in [0.15, 0.2) is 66.0 Å². The molecule has 0 saturated heterocycles. The average molecular weight is 404 g/mol. The quantitative estimate of drug-likeness (QED) is 0.480. The Labute approximate surface area is 173 Å². The van der Waals surface area contributed by atoms with E-state index in [2.05, 4.69) is 40.8 Å². The van der Waals surface area contributed by atoms with Gasteiger partial charge in [0.15, 0.2) is 5.13 Å². The highest BCUT2D eigenvalue weighted by molar-refractivity contribution is 7.14. The Morgan fingerprint density at radius 1 is 0.966 bits per heavy atom. The molecule has 0 radical (unpaired) electrons. The second-order valence-corrected chi connectivity index (χ2v) is 7.58. The van der Waals surface area contributed by atoms with Gasteiger partial charge in [-0.1, -0.05) is 0 Å². The van der Waals surface area contributed by atoms with Crippen molar-refractivity contribution in [3.8, 4) is 22.7 Å². The molecule has 0 fully saturated rings. The highest BCUT2D eigenvalue weighted by Crippen LogP contribution is 2.27. The predicted octanol–water partition coefficient (Wildman–Crippen LogP) is 5.48. The number of nitrogens with one attached hydrogen (secondary N) is 1. The van der Waals surface area contributed by atoms with E-state index in [1.807, 2.05) is 53.9 Å². The molecule has 1 amide bonds. The number of carbonyl (C=O) groups excluding carboxylic acids is 1. The molecule has 0 aliphatic heterocycles. The molecule has 2 aromatic heterocycles. The zero-order valence-electron chi connectivity index (χ0n) is 16.5. The minimum Gasteiger partial charge on any atom is -0.497 e. The van der Waals surface area contributed by atoms with Gasteiger partial charge in [-0.3, -0.25) is 10.1 Å². The summed E-state index contributed by atoms with van der Waals surface area (Å²) in [5, 5.41) is 5.38. The molecule has 0 unspecified atom stereocenters. The van der Waals surface area contributed by atoms with E-state index in [9.17, 15) is 4.79 Å². The lowest BCUT2D eigenvalue weighted by molar-refractivity contribution is 0.102. The van der Waals surface area contributed by atoms with Gasteiger partial charge >= 0.3 is 0 Å². The van der Waals surface area contributed by atoms with Crippen LogP contribution in [0, 0.1) is 13.8 Å². The van der Waals surface area contributed by atoms with Crippen molar-refractivity contribution in [1.82, 2.24) is 9.55 Å². The van der Waals surface area contributed by atoms with E-state index in [1.54, 1.807) is 7.11 Å². The summed E-state index contributed by atoms with van der Waals surface area (Å²) in [5.41, 5.74) is 5.75. The van der Waals surface area contributed by atoms with Crippen LogP contribution in [-0.4, -0.2) is 22.6 Å². The predicted molar refractivity (Wildman–Crippen MR) is 117 cm³/mol. The lowest BCUT2D eigenvalue weighted by Crippen LogP contribution is -2.11. The molecule has 4 aromatic rings. The summed E-state index contributed by atoms with van der Waals surface area (Å²) in [5.74, 6) is 0.624. The number of rotatable bonds is 5. The van der Waals surface area contributed by atoms with Crippen LogP contribution < -0.4 is 10.1 Å². The number of aryl methyl sites for hydroxylation is 2. The fourth-order valence-corrected chi connectivity index (χ4v) is 3.95. The Hall–Kier alpha value is -3.38. The van der Waals surface area contributed by atoms with Gasteiger partial charge in [0.25, 0.3) is 5.91 Å². The standard InChI is InChI=1S/C23H21N3O2S/c1-15-4-5-16(2)26(15)19-10-6-18(7-11-19)22(27)25-23-24-21(14-29-23)17-8-12-20(28-3)13-9-17/h4-14H,1-3H3,(H,24,25,27). The van der Waals surface area contributed by atoms with Gasteiger partial charge in [-0.15, -0.1) is 11.3 Å². The molecular weight excluding hydrogens is 382 g/mol. The number of methoxy groups -OCH3 is 1. The van der Waals surface area contributed by atoms with Crippen molar-refractivity contribution in [3.05, 3.63) is 83.0 Å². The highest BCUT2D eigenvalue weighted by atomic mass is 32.1. The number of benzene rings is 2. The van der Waals surface area contributed by atoms with E-state index in [0.29, 0.717) is 10.7 Å². The number of hydrogen-bond acceptors (Lipinski definition) is 4. The van der Waals surface area contributed by atoms with Gasteiger partial charge in [0.1, 0.15) is 5.75 Å². The van der Waals surface area contributed by atoms with Gasteiger partial charge in [-0.25, -0.2) is 4.98 Å². The van der Waals surface area contributed by atoms with Crippen molar-refractivity contribution in [2.75, 3.05) is 12.4 Å². The number of ether oxygens (including phenoxy) is 1. The van der Waals surface area contributed by atoms with Crippen molar-refractivity contribution < 1.29 is 9.53 Å². The van der Waals surface area contributed by atoms with E-state index in [0.717, 1.165) is 34.1 Å². The van der Waals surface area contributed by atoms with Crippen LogP contribution in [0.25, 0.3) is 16.9 Å². The summed E-state index contributed by atoms with van der Waals surface area (Å²) in [6.45, 7) is 4.13. The molecule has 2 aromatic carbocycles. The molecule has 146 valence electrons. The van der Waals surface area contributed by atoms with Crippen LogP contribution in [0.4, 0.5) is 5.13 Å². The molecule has 0 saturated carbocycles. The van der Waals surface area contributed by atoms with Gasteiger partial charge in [0.2, 0.25) is 0 Å². The van der Waals surface area contributed by atoms with Gasteiger partial charge in [-0.05, 0) is 74.5 Å². The number of anilines is 1. The Morgan fingerprint density at radius 2 is 1.62 bits per heavy atom. The van der Waals surface area contributed by atoms with Crippen molar-refractivity contribution >= 4 is 22.4 Å². The SMILES string of the molecule is COc1ccc(-c2csc(NC(=O)c3ccc(-n4c(C)ccc4C)cc3)n2)cc1. The molecule has 4 rings (SSSR count). The Kier molecular flexibility index (Phi) is 5.18. The van der Waals surface area contributed by atoms with E-state index in [-0.39, 0.29) is 5.91 Å². The maximum absolute atomic E-state index is 12.6. The van der Waals surface area contributed by atoms with Crippen molar-refractivity contribution in [1.29, 1.82) is 0 Å². The molecular formula is C23H21N3O2S. The third-order valence-electron chi connectivity index (χ3n) is 4.77. The van der Waals surface area contributed by atoms with Gasteiger partial charge in [-0.2, -0.15) is 0 Å². The second-order valence-electron chi connectivity index (χ2n) is 6.72. The number of hydrogen-bond donors (Lipinski definition) is 1. The lowest BCUT2D eigenvalue weighted by Gasteiger charge is -2.10. The van der Waals surface area contributed by atoms with Crippen molar-refractivity contribution in [2.45, 2.75) is 13.8 Å². The molecule has 2 heterocycles. The van der Waals surface area contributed by atoms with Crippen molar-refractivity contribution in [2.24, 2.45) is 0 Å². The summed E-state index contributed by atoms with van der Waals surface area (Å²) < 4.78 is 7.34. The zero-order chi connectivity index (χ0) is 20.4.